The van der Waals surface area contributed by atoms with Crippen molar-refractivity contribution in [1.82, 2.24) is 0 Å². The van der Waals surface area contributed by atoms with Gasteiger partial charge in [0, 0.05) is 24.8 Å². The largest absolute Gasteiger partial charge is 0.372 e. The molecule has 2 heteroatoms. The molecule has 0 aromatic heterocycles. The van der Waals surface area contributed by atoms with Crippen molar-refractivity contribution in [1.29, 1.82) is 0 Å². The molecule has 94 valence electrons. The van der Waals surface area contributed by atoms with Crippen LogP contribution in [0.3, 0.4) is 0 Å². The van der Waals surface area contributed by atoms with Crippen LogP contribution in [0.2, 0.25) is 0 Å². The van der Waals surface area contributed by atoms with Crippen molar-refractivity contribution in [2.45, 2.75) is 39.2 Å². The molecular formula is C15H24N2. The Bertz CT molecular complexity index is 338. The molecule has 0 bridgehead atoms. The summed E-state index contributed by atoms with van der Waals surface area (Å²) < 4.78 is 0. The van der Waals surface area contributed by atoms with Crippen molar-refractivity contribution in [3.8, 4) is 0 Å². The summed E-state index contributed by atoms with van der Waals surface area (Å²) in [5.74, 6) is 0.549. The highest BCUT2D eigenvalue weighted by Crippen LogP contribution is 2.25. The van der Waals surface area contributed by atoms with Crippen LogP contribution in [0.15, 0.2) is 24.3 Å². The van der Waals surface area contributed by atoms with E-state index in [4.69, 9.17) is 5.73 Å². The Kier molecular flexibility index (Phi) is 4.06. The van der Waals surface area contributed by atoms with E-state index in [1.165, 1.54) is 37.2 Å². The van der Waals surface area contributed by atoms with Crippen molar-refractivity contribution in [2.24, 2.45) is 11.7 Å². The molecule has 2 N–H and O–H groups in total. The molecule has 1 aliphatic rings. The van der Waals surface area contributed by atoms with Gasteiger partial charge in [-0.3, -0.25) is 0 Å². The Labute approximate surface area is 105 Å². The SMILES string of the molecule is CCC(C)[C@H](N)c1ccc(N2CCCC2)cc1. The van der Waals surface area contributed by atoms with Crippen LogP contribution in [0.5, 0.6) is 0 Å². The Morgan fingerprint density at radius 3 is 2.29 bits per heavy atom. The third-order valence-electron chi connectivity index (χ3n) is 4.01. The molecule has 1 aromatic rings. The first-order valence-corrected chi connectivity index (χ1v) is 6.83. The van der Waals surface area contributed by atoms with E-state index in [1.54, 1.807) is 0 Å². The highest BCUT2D eigenvalue weighted by atomic mass is 15.1. The van der Waals surface area contributed by atoms with Gasteiger partial charge in [0.2, 0.25) is 0 Å². The topological polar surface area (TPSA) is 29.3 Å². The minimum atomic E-state index is 0.174. The molecule has 0 spiro atoms. The smallest absolute Gasteiger partial charge is 0.0366 e. The first kappa shape index (κ1) is 12.4. The predicted octanol–water partition coefficient (Wildman–Crippen LogP) is 3.33. The minimum Gasteiger partial charge on any atom is -0.372 e. The summed E-state index contributed by atoms with van der Waals surface area (Å²) in [6.45, 7) is 6.83. The molecular weight excluding hydrogens is 208 g/mol. The number of benzene rings is 1. The van der Waals surface area contributed by atoms with E-state index >= 15 is 0 Å². The van der Waals surface area contributed by atoms with Gasteiger partial charge in [0.1, 0.15) is 0 Å². The molecule has 2 atom stereocenters. The lowest BCUT2D eigenvalue weighted by Gasteiger charge is -2.21. The predicted molar refractivity (Wildman–Crippen MR) is 74.3 cm³/mol. The van der Waals surface area contributed by atoms with Crippen LogP contribution in [0.25, 0.3) is 0 Å². The van der Waals surface area contributed by atoms with Gasteiger partial charge in [-0.15, -0.1) is 0 Å². The maximum absolute atomic E-state index is 6.24. The van der Waals surface area contributed by atoms with Crippen molar-refractivity contribution in [2.75, 3.05) is 18.0 Å². The third kappa shape index (κ3) is 2.81. The van der Waals surface area contributed by atoms with E-state index in [-0.39, 0.29) is 6.04 Å². The molecule has 1 unspecified atom stereocenters. The van der Waals surface area contributed by atoms with Gasteiger partial charge in [0.25, 0.3) is 0 Å². The van der Waals surface area contributed by atoms with Gasteiger partial charge in [0.05, 0.1) is 0 Å². The lowest BCUT2D eigenvalue weighted by Crippen LogP contribution is -2.20. The monoisotopic (exact) mass is 232 g/mol. The molecule has 1 aliphatic heterocycles. The molecule has 2 nitrogen and oxygen atoms in total. The van der Waals surface area contributed by atoms with Crippen LogP contribution in [0.4, 0.5) is 5.69 Å². The standard InChI is InChI=1S/C15H24N2/c1-3-12(2)15(16)13-6-8-14(9-7-13)17-10-4-5-11-17/h6-9,12,15H,3-5,10-11,16H2,1-2H3/t12?,15-/m0/s1. The van der Waals surface area contributed by atoms with Crippen LogP contribution in [0.1, 0.15) is 44.7 Å². The lowest BCUT2D eigenvalue weighted by atomic mass is 9.93. The summed E-state index contributed by atoms with van der Waals surface area (Å²) >= 11 is 0. The molecule has 1 fully saturated rings. The Hall–Kier alpha value is -1.02. The Balaban J connectivity index is 2.06. The van der Waals surface area contributed by atoms with Crippen molar-refractivity contribution in [3.05, 3.63) is 29.8 Å². The highest BCUT2D eigenvalue weighted by Gasteiger charge is 2.15. The molecule has 1 heterocycles. The van der Waals surface area contributed by atoms with Crippen LogP contribution < -0.4 is 10.6 Å². The maximum atomic E-state index is 6.24. The Morgan fingerprint density at radius 1 is 1.18 bits per heavy atom. The second-order valence-electron chi connectivity index (χ2n) is 5.20. The molecule has 1 aromatic carbocycles. The van der Waals surface area contributed by atoms with Crippen LogP contribution in [0, 0.1) is 5.92 Å². The zero-order chi connectivity index (χ0) is 12.3. The molecule has 17 heavy (non-hydrogen) atoms. The molecule has 1 saturated heterocycles. The number of nitrogens with two attached hydrogens (primary N) is 1. The molecule has 0 amide bonds. The summed E-state index contributed by atoms with van der Waals surface area (Å²) in [7, 11) is 0. The number of nitrogens with zero attached hydrogens (tertiary/aromatic N) is 1. The van der Waals surface area contributed by atoms with E-state index in [1.807, 2.05) is 0 Å². The molecule has 0 aliphatic carbocycles. The Morgan fingerprint density at radius 2 is 1.76 bits per heavy atom. The molecule has 2 rings (SSSR count). The van der Waals surface area contributed by atoms with Crippen molar-refractivity contribution >= 4 is 5.69 Å². The maximum Gasteiger partial charge on any atom is 0.0366 e. The fourth-order valence-electron chi connectivity index (χ4n) is 2.47. The number of hydrogen-bond donors (Lipinski definition) is 1. The minimum absolute atomic E-state index is 0.174. The summed E-state index contributed by atoms with van der Waals surface area (Å²) in [5, 5.41) is 0. The van der Waals surface area contributed by atoms with E-state index in [0.717, 1.165) is 6.42 Å². The molecule has 0 saturated carbocycles. The highest BCUT2D eigenvalue weighted by molar-refractivity contribution is 5.48. The average Bonchev–Trinajstić information content (AvgIpc) is 2.91. The van der Waals surface area contributed by atoms with E-state index in [9.17, 15) is 0 Å². The second kappa shape index (κ2) is 5.54. The van der Waals surface area contributed by atoms with Gasteiger partial charge in [-0.2, -0.15) is 0 Å². The normalized spacial score (nSPS) is 19.4. The number of hydrogen-bond acceptors (Lipinski definition) is 2. The first-order chi connectivity index (χ1) is 8.22. The van der Waals surface area contributed by atoms with Gasteiger partial charge in [-0.25, -0.2) is 0 Å². The van der Waals surface area contributed by atoms with Crippen molar-refractivity contribution < 1.29 is 0 Å². The number of rotatable bonds is 4. The summed E-state index contributed by atoms with van der Waals surface area (Å²) in [6, 6.07) is 9.02. The van der Waals surface area contributed by atoms with E-state index in [0.29, 0.717) is 5.92 Å². The van der Waals surface area contributed by atoms with Crippen LogP contribution in [-0.2, 0) is 0 Å². The van der Waals surface area contributed by atoms with E-state index < -0.39 is 0 Å². The fourth-order valence-corrected chi connectivity index (χ4v) is 2.47. The second-order valence-corrected chi connectivity index (χ2v) is 5.20. The quantitative estimate of drug-likeness (QED) is 0.862. The molecule has 0 radical (unpaired) electrons. The van der Waals surface area contributed by atoms with Gasteiger partial charge < -0.3 is 10.6 Å². The van der Waals surface area contributed by atoms with Gasteiger partial charge in [-0.05, 0) is 36.5 Å². The first-order valence-electron chi connectivity index (χ1n) is 6.83. The average molecular weight is 232 g/mol. The zero-order valence-corrected chi connectivity index (χ0v) is 11.0. The summed E-state index contributed by atoms with van der Waals surface area (Å²) in [5.41, 5.74) is 8.85. The van der Waals surface area contributed by atoms with E-state index in [2.05, 4.69) is 43.0 Å². The zero-order valence-electron chi connectivity index (χ0n) is 11.0. The van der Waals surface area contributed by atoms with Crippen LogP contribution in [-0.4, -0.2) is 13.1 Å². The van der Waals surface area contributed by atoms with Gasteiger partial charge in [0.15, 0.2) is 0 Å². The van der Waals surface area contributed by atoms with Gasteiger partial charge >= 0.3 is 0 Å². The third-order valence-corrected chi connectivity index (χ3v) is 4.01. The summed E-state index contributed by atoms with van der Waals surface area (Å²) in [4.78, 5) is 2.46. The van der Waals surface area contributed by atoms with Gasteiger partial charge in [-0.1, -0.05) is 32.4 Å². The van der Waals surface area contributed by atoms with Crippen molar-refractivity contribution in [3.63, 3.8) is 0 Å². The number of anilines is 1. The summed E-state index contributed by atoms with van der Waals surface area (Å²) in [6.07, 6.45) is 3.79. The lowest BCUT2D eigenvalue weighted by molar-refractivity contribution is 0.457. The van der Waals surface area contributed by atoms with Crippen LogP contribution >= 0.6 is 0 Å². The fraction of sp³-hybridized carbons (Fsp3) is 0.600.